The van der Waals surface area contributed by atoms with Gasteiger partial charge in [0.1, 0.15) is 0 Å². The molecule has 0 aromatic heterocycles. The molecule has 0 atom stereocenters. The fraction of sp³-hybridized carbons (Fsp3) is 0.231. The number of sulfone groups is 1. The fourth-order valence-electron chi connectivity index (χ4n) is 3.56. The number of hydrogen-bond donors (Lipinski definition) is 1. The maximum absolute atomic E-state index is 12.7. The van der Waals surface area contributed by atoms with E-state index in [9.17, 15) is 18.5 Å². The third-order valence-corrected chi connectivity index (χ3v) is 7.77. The topological polar surface area (TPSA) is 90.3 Å². The first-order valence-electron chi connectivity index (χ1n) is 10.8. The highest BCUT2D eigenvalue weighted by Crippen LogP contribution is 2.37. The molecule has 182 valence electrons. The van der Waals surface area contributed by atoms with Crippen molar-refractivity contribution < 1.29 is 13.2 Å². The monoisotopic (exact) mass is 529 g/mol. The van der Waals surface area contributed by atoms with Gasteiger partial charge in [0.2, 0.25) is 0 Å². The molecule has 35 heavy (non-hydrogen) atoms. The highest BCUT2D eigenvalue weighted by Gasteiger charge is 2.16. The number of nitriles is 1. The van der Waals surface area contributed by atoms with Gasteiger partial charge in [-0.05, 0) is 61.1 Å². The average molecular weight is 530 g/mol. The molecular weight excluding hydrogens is 505 g/mol. The lowest BCUT2D eigenvalue weighted by atomic mass is 9.98. The van der Waals surface area contributed by atoms with Crippen LogP contribution in [0.15, 0.2) is 59.5 Å². The molecule has 0 radical (unpaired) electrons. The highest BCUT2D eigenvalue weighted by molar-refractivity contribution is 7.91. The van der Waals surface area contributed by atoms with Gasteiger partial charge < -0.3 is 10.2 Å². The summed E-state index contributed by atoms with van der Waals surface area (Å²) in [7, 11) is 0.583. The quantitative estimate of drug-likeness (QED) is 0.426. The second-order valence-corrected chi connectivity index (χ2v) is 11.4. The van der Waals surface area contributed by atoms with Gasteiger partial charge in [-0.2, -0.15) is 5.26 Å². The van der Waals surface area contributed by atoms with Gasteiger partial charge in [-0.3, -0.25) is 4.79 Å². The Labute approximate surface area is 216 Å². The van der Waals surface area contributed by atoms with Crippen molar-refractivity contribution in [1.29, 1.82) is 5.26 Å². The first kappa shape index (κ1) is 26.7. The van der Waals surface area contributed by atoms with E-state index in [1.54, 1.807) is 25.1 Å². The van der Waals surface area contributed by atoms with Crippen LogP contribution in [0.4, 0.5) is 0 Å². The minimum Gasteiger partial charge on any atom is -0.348 e. The Morgan fingerprint density at radius 2 is 1.66 bits per heavy atom. The Balaban J connectivity index is 1.78. The van der Waals surface area contributed by atoms with Crippen LogP contribution in [0.5, 0.6) is 0 Å². The molecule has 0 aliphatic carbocycles. The molecule has 1 amide bonds. The van der Waals surface area contributed by atoms with E-state index in [-0.39, 0.29) is 23.1 Å². The van der Waals surface area contributed by atoms with E-state index in [1.807, 2.05) is 31.1 Å². The van der Waals surface area contributed by atoms with Crippen molar-refractivity contribution in [2.45, 2.75) is 24.9 Å². The van der Waals surface area contributed by atoms with Crippen molar-refractivity contribution in [2.75, 3.05) is 19.8 Å². The summed E-state index contributed by atoms with van der Waals surface area (Å²) in [4.78, 5) is 14.9. The minimum atomic E-state index is -3.27. The number of amides is 1. The number of rotatable bonds is 8. The Kier molecular flexibility index (Phi) is 8.57. The summed E-state index contributed by atoms with van der Waals surface area (Å²) < 4.78 is 23.9. The van der Waals surface area contributed by atoms with E-state index in [2.05, 4.69) is 11.4 Å². The zero-order valence-corrected chi connectivity index (χ0v) is 21.9. The lowest BCUT2D eigenvalue weighted by Gasteiger charge is -2.14. The van der Waals surface area contributed by atoms with Gasteiger partial charge in [0, 0.05) is 24.2 Å². The van der Waals surface area contributed by atoms with Crippen LogP contribution in [0.25, 0.3) is 11.1 Å². The van der Waals surface area contributed by atoms with Crippen LogP contribution in [0.2, 0.25) is 10.0 Å². The minimum absolute atomic E-state index is 0.0264. The molecule has 3 aromatic rings. The molecule has 9 heteroatoms. The molecule has 0 heterocycles. The zero-order chi connectivity index (χ0) is 25.8. The summed E-state index contributed by atoms with van der Waals surface area (Å²) in [6.45, 7) is 2.43. The van der Waals surface area contributed by atoms with Crippen molar-refractivity contribution in [3.05, 3.63) is 86.9 Å². The number of carbonyl (C=O) groups is 1. The lowest BCUT2D eigenvalue weighted by molar-refractivity contribution is 0.0951. The summed E-state index contributed by atoms with van der Waals surface area (Å²) in [6, 6.07) is 17.2. The van der Waals surface area contributed by atoms with E-state index in [4.69, 9.17) is 23.2 Å². The van der Waals surface area contributed by atoms with Crippen molar-refractivity contribution in [1.82, 2.24) is 10.2 Å². The highest BCUT2D eigenvalue weighted by atomic mass is 35.5. The first-order chi connectivity index (χ1) is 16.6. The smallest absolute Gasteiger partial charge is 0.251 e. The van der Waals surface area contributed by atoms with E-state index >= 15 is 0 Å². The maximum atomic E-state index is 12.7. The summed E-state index contributed by atoms with van der Waals surface area (Å²) in [5.74, 6) is -0.344. The molecule has 0 aliphatic rings. The molecule has 3 aromatic carbocycles. The van der Waals surface area contributed by atoms with Crippen LogP contribution in [0.1, 0.15) is 34.0 Å². The largest absolute Gasteiger partial charge is 0.348 e. The van der Waals surface area contributed by atoms with Crippen LogP contribution in [0.3, 0.4) is 0 Å². The van der Waals surface area contributed by atoms with Crippen LogP contribution in [-0.4, -0.2) is 39.1 Å². The Morgan fingerprint density at radius 3 is 2.20 bits per heavy atom. The third-order valence-electron chi connectivity index (χ3n) is 5.43. The standard InChI is InChI=1S/C26H25Cl2N3O3S/c1-4-35(33,34)22-9-5-17(6-10-22)15-30-26(32)20-12-23(27)25(24(28)13-20)18-7-8-19(16-31(2)3)21(11-18)14-29/h5-13H,4,15-16H2,1-3H3,(H,30,32). The normalized spacial score (nSPS) is 11.3. The molecular formula is C26H25Cl2N3O3S. The Hall–Kier alpha value is -2.89. The molecule has 3 rings (SSSR count). The molecule has 6 nitrogen and oxygen atoms in total. The van der Waals surface area contributed by atoms with Gasteiger partial charge in [-0.15, -0.1) is 0 Å². The van der Waals surface area contributed by atoms with Crippen LogP contribution < -0.4 is 5.32 Å². The summed E-state index contributed by atoms with van der Waals surface area (Å²) >= 11 is 13.0. The zero-order valence-electron chi connectivity index (χ0n) is 19.6. The van der Waals surface area contributed by atoms with Crippen molar-refractivity contribution in [3.63, 3.8) is 0 Å². The second kappa shape index (κ2) is 11.2. The van der Waals surface area contributed by atoms with Gasteiger partial charge in [0.25, 0.3) is 5.91 Å². The van der Waals surface area contributed by atoms with Crippen LogP contribution in [0, 0.1) is 11.3 Å². The third kappa shape index (κ3) is 6.41. The number of halogens is 2. The van der Waals surface area contributed by atoms with Gasteiger partial charge >= 0.3 is 0 Å². The summed E-state index contributed by atoms with van der Waals surface area (Å²) in [5.41, 5.74) is 3.70. The summed E-state index contributed by atoms with van der Waals surface area (Å²) in [6.07, 6.45) is 0. The molecule has 0 unspecified atom stereocenters. The average Bonchev–Trinajstić information content (AvgIpc) is 2.82. The molecule has 0 fully saturated rings. The van der Waals surface area contributed by atoms with E-state index in [1.165, 1.54) is 24.3 Å². The van der Waals surface area contributed by atoms with Crippen molar-refractivity contribution >= 4 is 38.9 Å². The van der Waals surface area contributed by atoms with Crippen molar-refractivity contribution in [2.24, 2.45) is 0 Å². The molecule has 0 saturated heterocycles. The molecule has 0 saturated carbocycles. The van der Waals surface area contributed by atoms with Gasteiger partial charge in [0.05, 0.1) is 32.3 Å². The van der Waals surface area contributed by atoms with Gasteiger partial charge in [-0.25, -0.2) is 8.42 Å². The number of benzene rings is 3. The SMILES string of the molecule is CCS(=O)(=O)c1ccc(CNC(=O)c2cc(Cl)c(-c3ccc(CN(C)C)c(C#N)c3)c(Cl)c2)cc1. The van der Waals surface area contributed by atoms with Crippen molar-refractivity contribution in [3.8, 4) is 17.2 Å². The van der Waals surface area contributed by atoms with E-state index < -0.39 is 9.84 Å². The van der Waals surface area contributed by atoms with Gasteiger partial charge in [-0.1, -0.05) is 54.4 Å². The number of hydrogen-bond acceptors (Lipinski definition) is 5. The number of nitrogens with zero attached hydrogens (tertiary/aromatic N) is 2. The number of carbonyl (C=O) groups excluding carboxylic acids is 1. The van der Waals surface area contributed by atoms with E-state index in [0.29, 0.717) is 38.8 Å². The van der Waals surface area contributed by atoms with Crippen LogP contribution in [-0.2, 0) is 22.9 Å². The summed E-state index contributed by atoms with van der Waals surface area (Å²) in [5, 5.41) is 12.9. The predicted octanol–water partition coefficient (Wildman–Crippen LogP) is 5.32. The first-order valence-corrected chi connectivity index (χ1v) is 13.2. The van der Waals surface area contributed by atoms with Gasteiger partial charge in [0.15, 0.2) is 9.84 Å². The van der Waals surface area contributed by atoms with Crippen LogP contribution >= 0.6 is 23.2 Å². The predicted molar refractivity (Wildman–Crippen MR) is 139 cm³/mol. The molecule has 0 spiro atoms. The van der Waals surface area contributed by atoms with E-state index in [0.717, 1.165) is 11.1 Å². The second-order valence-electron chi connectivity index (χ2n) is 8.27. The lowest BCUT2D eigenvalue weighted by Crippen LogP contribution is -2.22. The maximum Gasteiger partial charge on any atom is 0.251 e. The fourth-order valence-corrected chi connectivity index (χ4v) is 5.15. The molecule has 0 aliphatic heterocycles. The Bertz CT molecular complexity index is 1370. The number of nitrogens with one attached hydrogen (secondary N) is 1. The Morgan fingerprint density at radius 1 is 1.03 bits per heavy atom. The molecule has 0 bridgehead atoms. The molecule has 1 N–H and O–H groups in total.